The Hall–Kier alpha value is -2.14. The van der Waals surface area contributed by atoms with E-state index in [4.69, 9.17) is 0 Å². The molecule has 5 heteroatoms. The van der Waals surface area contributed by atoms with Gasteiger partial charge in [0.2, 0.25) is 0 Å². The fraction of sp³-hybridized carbons (Fsp3) is 0.375. The largest absolute Gasteiger partial charge is 0.270 e. The topological polar surface area (TPSA) is 29.4 Å². The van der Waals surface area contributed by atoms with Crippen LogP contribution in [-0.4, -0.2) is 15.2 Å². The molecule has 0 aliphatic heterocycles. The van der Waals surface area contributed by atoms with Gasteiger partial charge in [-0.2, -0.15) is 13.2 Å². The van der Waals surface area contributed by atoms with Crippen LogP contribution in [-0.2, 0) is 23.8 Å². The number of hydrogen-bond acceptors (Lipinski definition) is 1. The van der Waals surface area contributed by atoms with E-state index in [1.54, 1.807) is 18.3 Å². The zero-order valence-corrected chi connectivity index (χ0v) is 18.4. The predicted octanol–water partition coefficient (Wildman–Crippen LogP) is 6.58. The highest BCUT2D eigenvalue weighted by Crippen LogP contribution is 2.37. The first-order valence-electron chi connectivity index (χ1n) is 9.82. The number of nitrogens with zero attached hydrogens (tertiary/aromatic N) is 1. The number of benzene rings is 2. The molecule has 0 radical (unpaired) electrons. The molecule has 0 N–H and O–H groups in total. The summed E-state index contributed by atoms with van der Waals surface area (Å²) in [4.78, 5) is 0. The van der Waals surface area contributed by atoms with Crippen LogP contribution in [0, 0.1) is 13.8 Å². The molecule has 3 rings (SSSR count). The van der Waals surface area contributed by atoms with Crippen molar-refractivity contribution in [3.8, 4) is 11.1 Å². The monoisotopic (exact) mass is 415 g/mol. The van der Waals surface area contributed by atoms with Crippen molar-refractivity contribution in [2.45, 2.75) is 58.6 Å². The minimum Gasteiger partial charge on any atom is -0.234 e. The third-order valence-electron chi connectivity index (χ3n) is 5.16. The molecule has 0 aromatic heterocycles. The van der Waals surface area contributed by atoms with E-state index in [9.17, 15) is 13.0 Å². The fourth-order valence-corrected chi connectivity index (χ4v) is 4.46. The average Bonchev–Trinajstić information content (AvgIpc) is 3.06. The second-order valence-corrected chi connectivity index (χ2v) is 10.6. The quantitative estimate of drug-likeness (QED) is 0.519. The van der Waals surface area contributed by atoms with E-state index in [-0.39, 0.29) is 0 Å². The average molecular weight is 416 g/mol. The zero-order chi connectivity index (χ0) is 21.3. The lowest BCUT2D eigenvalue weighted by atomic mass is 9.88. The number of halogens is 2. The van der Waals surface area contributed by atoms with Crippen LogP contribution >= 0.6 is 0 Å². The van der Waals surface area contributed by atoms with Gasteiger partial charge in [0, 0.05) is 12.3 Å². The normalized spacial score (nSPS) is 14.9. The van der Waals surface area contributed by atoms with E-state index in [0.29, 0.717) is 5.56 Å². The maximum atomic E-state index is 12.7. The lowest BCUT2D eigenvalue weighted by Gasteiger charge is -2.17. The van der Waals surface area contributed by atoms with Gasteiger partial charge in [0.15, 0.2) is 0 Å². The first-order valence-corrected chi connectivity index (χ1v) is 10.9. The van der Waals surface area contributed by atoms with Gasteiger partial charge < -0.3 is 0 Å². The Morgan fingerprint density at radius 2 is 1.69 bits per heavy atom. The highest BCUT2D eigenvalue weighted by Gasteiger charge is 2.21. The number of fused-ring (bicyclic) bond motifs is 1. The van der Waals surface area contributed by atoms with Crippen LogP contribution in [0.1, 0.15) is 60.6 Å². The molecule has 0 unspecified atom stereocenters. The van der Waals surface area contributed by atoms with E-state index in [1.807, 2.05) is 34.6 Å². The molecule has 2 nitrogen and oxygen atoms in total. The molecule has 154 valence electrons. The van der Waals surface area contributed by atoms with Crippen LogP contribution in [0.25, 0.3) is 17.2 Å². The van der Waals surface area contributed by atoms with Crippen molar-refractivity contribution < 1.29 is 13.0 Å². The van der Waals surface area contributed by atoms with E-state index < -0.39 is 21.8 Å². The maximum absolute atomic E-state index is 12.7. The van der Waals surface area contributed by atoms with Crippen LogP contribution in [0.4, 0.5) is 8.78 Å². The van der Waals surface area contributed by atoms with Gasteiger partial charge in [0.1, 0.15) is 11.0 Å². The number of rotatable bonds is 4. The Kier molecular flexibility index (Phi) is 6.18. The summed E-state index contributed by atoms with van der Waals surface area (Å²) in [7, 11) is -1.31. The lowest BCUT2D eigenvalue weighted by molar-refractivity contribution is 0.429. The molecule has 0 heterocycles. The molecule has 1 aliphatic carbocycles. The molecule has 0 saturated carbocycles. The fourth-order valence-electron chi connectivity index (χ4n) is 3.93. The van der Waals surface area contributed by atoms with Gasteiger partial charge in [-0.1, -0.05) is 12.1 Å². The Bertz CT molecular complexity index is 1000. The van der Waals surface area contributed by atoms with Crippen LogP contribution in [0.15, 0.2) is 34.7 Å². The maximum Gasteiger partial charge on any atom is 0.270 e. The lowest BCUT2D eigenvalue weighted by Crippen LogP contribution is -2.19. The minimum absolute atomic E-state index is 0.404. The summed E-state index contributed by atoms with van der Waals surface area (Å²) in [6.45, 7) is 9.63. The zero-order valence-electron chi connectivity index (χ0n) is 17.6. The smallest absolute Gasteiger partial charge is 0.234 e. The molecule has 0 amide bonds. The van der Waals surface area contributed by atoms with Gasteiger partial charge in [0.05, 0.1) is 4.75 Å². The van der Waals surface area contributed by atoms with E-state index in [2.05, 4.69) is 16.5 Å². The molecular formula is C24H27F2NOS. The standard InChI is InChI=1S/C24H27F2NOS/c1-15-9-17(13-22(25)26)10-16(2)23(15)21-12-18(11-19-7-6-8-20(19)21)14-27-29(28)24(3,4)5/h9-14H,6-8H2,1-5H3/b27-14-/t29-/m1/s1. The molecule has 29 heavy (non-hydrogen) atoms. The van der Waals surface area contributed by atoms with Crippen molar-refractivity contribution in [3.05, 3.63) is 63.7 Å². The molecular weight excluding hydrogens is 388 g/mol. The number of hydrogen-bond donors (Lipinski definition) is 0. The molecule has 2 aromatic carbocycles. The molecule has 1 aliphatic rings. The molecule has 0 spiro atoms. The third kappa shape index (κ3) is 4.89. The molecule has 2 aromatic rings. The third-order valence-corrected chi connectivity index (χ3v) is 6.50. The molecule has 0 fully saturated rings. The van der Waals surface area contributed by atoms with Crippen LogP contribution in [0.5, 0.6) is 0 Å². The van der Waals surface area contributed by atoms with Gasteiger partial charge in [-0.15, -0.1) is 0 Å². The predicted molar refractivity (Wildman–Crippen MR) is 119 cm³/mol. The Morgan fingerprint density at radius 1 is 1.03 bits per heavy atom. The van der Waals surface area contributed by atoms with Gasteiger partial charge in [-0.3, -0.25) is 0 Å². The van der Waals surface area contributed by atoms with Gasteiger partial charge in [-0.05, 0) is 111 Å². The first kappa shape index (κ1) is 21.6. The Morgan fingerprint density at radius 3 is 2.28 bits per heavy atom. The van der Waals surface area contributed by atoms with Gasteiger partial charge in [0.25, 0.3) is 6.08 Å². The van der Waals surface area contributed by atoms with Gasteiger partial charge in [-0.25, -0.2) is 4.21 Å². The van der Waals surface area contributed by atoms with Gasteiger partial charge >= 0.3 is 0 Å². The molecule has 1 atom stereocenters. The molecule has 0 bridgehead atoms. The van der Waals surface area contributed by atoms with Crippen LogP contribution < -0.4 is 0 Å². The minimum atomic E-state index is -1.69. The van der Waals surface area contributed by atoms with Crippen LogP contribution in [0.2, 0.25) is 0 Å². The van der Waals surface area contributed by atoms with Crippen molar-refractivity contribution >= 4 is 23.3 Å². The first-order chi connectivity index (χ1) is 13.6. The molecule has 0 saturated heterocycles. The van der Waals surface area contributed by atoms with Crippen molar-refractivity contribution in [3.63, 3.8) is 0 Å². The summed E-state index contributed by atoms with van der Waals surface area (Å²) in [5.74, 6) is 0. The highest BCUT2D eigenvalue weighted by molar-refractivity contribution is 7.85. The summed E-state index contributed by atoms with van der Waals surface area (Å²) in [5.41, 5.74) is 8.22. The van der Waals surface area contributed by atoms with Crippen molar-refractivity contribution in [2.75, 3.05) is 0 Å². The summed E-state index contributed by atoms with van der Waals surface area (Å²) in [5, 5.41) is 0. The SMILES string of the molecule is Cc1cc(C=C(F)F)cc(C)c1-c1cc(/C=N\[S@](=O)C(C)(C)C)cc2c1CCC2. The summed E-state index contributed by atoms with van der Waals surface area (Å²) in [6.07, 6.45) is 4.03. The summed E-state index contributed by atoms with van der Waals surface area (Å²) >= 11 is 0. The summed E-state index contributed by atoms with van der Waals surface area (Å²) in [6, 6.07) is 7.83. The number of aryl methyl sites for hydroxylation is 3. The van der Waals surface area contributed by atoms with Crippen molar-refractivity contribution in [2.24, 2.45) is 4.40 Å². The van der Waals surface area contributed by atoms with E-state index in [1.165, 1.54) is 11.1 Å². The Labute approximate surface area is 174 Å². The second-order valence-electron chi connectivity index (χ2n) is 8.62. The van der Waals surface area contributed by atoms with E-state index in [0.717, 1.165) is 53.2 Å². The van der Waals surface area contributed by atoms with Crippen LogP contribution in [0.3, 0.4) is 0 Å². The Balaban J connectivity index is 2.11. The van der Waals surface area contributed by atoms with Crippen molar-refractivity contribution in [1.29, 1.82) is 0 Å². The van der Waals surface area contributed by atoms with Crippen molar-refractivity contribution in [1.82, 2.24) is 0 Å². The summed E-state index contributed by atoms with van der Waals surface area (Å²) < 4.78 is 41.6. The second kappa shape index (κ2) is 8.31. The highest BCUT2D eigenvalue weighted by atomic mass is 32.2. The van der Waals surface area contributed by atoms with E-state index >= 15 is 0 Å².